The van der Waals surface area contributed by atoms with Gasteiger partial charge in [0.1, 0.15) is 11.5 Å². The molecule has 1 aliphatic heterocycles. The third kappa shape index (κ3) is 3.79. The van der Waals surface area contributed by atoms with Crippen molar-refractivity contribution >= 4 is 49.7 Å². The van der Waals surface area contributed by atoms with Crippen LogP contribution in [0.25, 0.3) is 6.08 Å². The van der Waals surface area contributed by atoms with Crippen LogP contribution in [0.1, 0.15) is 26.3 Å². The van der Waals surface area contributed by atoms with Gasteiger partial charge in [-0.15, -0.1) is 0 Å². The first-order chi connectivity index (χ1) is 13.5. The Balaban J connectivity index is 1.57. The molecule has 3 aromatic carbocycles. The summed E-state index contributed by atoms with van der Waals surface area (Å²) in [6.45, 7) is 0. The highest BCUT2D eigenvalue weighted by atomic mass is 79.9. The molecular weight excluding hydrogens is 488 g/mol. The van der Waals surface area contributed by atoms with Crippen molar-refractivity contribution in [2.24, 2.45) is 0 Å². The molecule has 0 amide bonds. The molecule has 0 fully saturated rings. The van der Waals surface area contributed by atoms with Gasteiger partial charge in [-0.1, -0.05) is 40.2 Å². The Kier molecular flexibility index (Phi) is 5.15. The maximum Gasteiger partial charge on any atom is 0.344 e. The van der Waals surface area contributed by atoms with Gasteiger partial charge >= 0.3 is 5.97 Å². The van der Waals surface area contributed by atoms with E-state index >= 15 is 0 Å². The van der Waals surface area contributed by atoms with Crippen LogP contribution in [0.2, 0.25) is 0 Å². The molecular formula is C22H12Br2O4. The molecule has 0 saturated carbocycles. The van der Waals surface area contributed by atoms with Gasteiger partial charge in [-0.05, 0) is 64.0 Å². The topological polar surface area (TPSA) is 52.6 Å². The molecule has 0 saturated heterocycles. The minimum atomic E-state index is -0.498. The zero-order valence-electron chi connectivity index (χ0n) is 14.3. The summed E-state index contributed by atoms with van der Waals surface area (Å²) in [5, 5.41) is 0. The number of halogens is 2. The summed E-state index contributed by atoms with van der Waals surface area (Å²) in [6.07, 6.45) is 1.68. The number of benzene rings is 3. The summed E-state index contributed by atoms with van der Waals surface area (Å²) < 4.78 is 12.7. The second-order valence-corrected chi connectivity index (χ2v) is 7.79. The first-order valence-electron chi connectivity index (χ1n) is 8.32. The van der Waals surface area contributed by atoms with Gasteiger partial charge in [0.15, 0.2) is 5.76 Å². The smallest absolute Gasteiger partial charge is 0.344 e. The highest BCUT2D eigenvalue weighted by molar-refractivity contribution is 9.10. The molecule has 4 rings (SSSR count). The van der Waals surface area contributed by atoms with E-state index in [2.05, 4.69) is 31.9 Å². The van der Waals surface area contributed by atoms with Gasteiger partial charge < -0.3 is 9.47 Å². The molecule has 0 atom stereocenters. The molecule has 1 aliphatic rings. The lowest BCUT2D eigenvalue weighted by Crippen LogP contribution is -2.09. The predicted molar refractivity (Wildman–Crippen MR) is 113 cm³/mol. The number of hydrogen-bond donors (Lipinski definition) is 0. The van der Waals surface area contributed by atoms with Gasteiger partial charge in [0.25, 0.3) is 0 Å². The Morgan fingerprint density at radius 3 is 2.57 bits per heavy atom. The molecule has 0 unspecified atom stereocenters. The van der Waals surface area contributed by atoms with Crippen LogP contribution in [0.5, 0.6) is 11.5 Å². The zero-order valence-corrected chi connectivity index (χ0v) is 17.5. The van der Waals surface area contributed by atoms with E-state index in [4.69, 9.17) is 9.47 Å². The van der Waals surface area contributed by atoms with Gasteiger partial charge in [-0.3, -0.25) is 4.79 Å². The lowest BCUT2D eigenvalue weighted by atomic mass is 10.1. The first-order valence-corrected chi connectivity index (χ1v) is 9.90. The molecule has 138 valence electrons. The second-order valence-electron chi connectivity index (χ2n) is 6.02. The zero-order chi connectivity index (χ0) is 19.7. The number of ketones is 1. The van der Waals surface area contributed by atoms with E-state index in [0.717, 1.165) is 10.0 Å². The Morgan fingerprint density at radius 1 is 0.964 bits per heavy atom. The van der Waals surface area contributed by atoms with Crippen LogP contribution in [0.15, 0.2) is 81.4 Å². The van der Waals surface area contributed by atoms with Crippen molar-refractivity contribution in [1.29, 1.82) is 0 Å². The number of rotatable bonds is 3. The quantitative estimate of drug-likeness (QED) is 0.250. The summed E-state index contributed by atoms with van der Waals surface area (Å²) in [4.78, 5) is 24.9. The van der Waals surface area contributed by atoms with Crippen LogP contribution >= 0.6 is 31.9 Å². The molecule has 0 N–H and O–H groups in total. The number of esters is 1. The maximum absolute atomic E-state index is 12.6. The number of hydrogen-bond acceptors (Lipinski definition) is 4. The van der Waals surface area contributed by atoms with Crippen molar-refractivity contribution in [1.82, 2.24) is 0 Å². The SMILES string of the molecule is O=C(Oc1ccc2c(c1)O/C(=C\c1cccc(Br)c1)C2=O)c1ccccc1Br. The Hall–Kier alpha value is -2.70. The highest BCUT2D eigenvalue weighted by Gasteiger charge is 2.28. The van der Waals surface area contributed by atoms with E-state index in [1.165, 1.54) is 0 Å². The number of Topliss-reactive ketones (excluding diaryl/α,β-unsaturated/α-hetero) is 1. The van der Waals surface area contributed by atoms with Gasteiger partial charge in [0.05, 0.1) is 11.1 Å². The number of fused-ring (bicyclic) bond motifs is 1. The van der Waals surface area contributed by atoms with Crippen molar-refractivity contribution in [3.8, 4) is 11.5 Å². The summed E-state index contributed by atoms with van der Waals surface area (Å²) >= 11 is 6.74. The monoisotopic (exact) mass is 498 g/mol. The molecule has 6 heteroatoms. The number of ether oxygens (including phenoxy) is 2. The molecule has 0 radical (unpaired) electrons. The first kappa shape index (κ1) is 18.7. The molecule has 28 heavy (non-hydrogen) atoms. The number of carbonyl (C=O) groups is 2. The van der Waals surface area contributed by atoms with Crippen LogP contribution in [0.4, 0.5) is 0 Å². The van der Waals surface area contributed by atoms with Crippen molar-refractivity contribution in [3.05, 3.63) is 98.1 Å². The van der Waals surface area contributed by atoms with Crippen molar-refractivity contribution in [2.45, 2.75) is 0 Å². The molecule has 0 bridgehead atoms. The lowest BCUT2D eigenvalue weighted by Gasteiger charge is -2.06. The summed E-state index contributed by atoms with van der Waals surface area (Å²) in [6, 6.07) is 19.3. The van der Waals surface area contributed by atoms with Crippen LogP contribution in [0, 0.1) is 0 Å². The lowest BCUT2D eigenvalue weighted by molar-refractivity contribution is 0.0733. The van der Waals surface area contributed by atoms with Crippen LogP contribution < -0.4 is 9.47 Å². The average Bonchev–Trinajstić information content (AvgIpc) is 2.97. The minimum Gasteiger partial charge on any atom is -0.452 e. The van der Waals surface area contributed by atoms with Gasteiger partial charge in [0, 0.05) is 15.0 Å². The van der Waals surface area contributed by atoms with E-state index in [0.29, 0.717) is 27.1 Å². The summed E-state index contributed by atoms with van der Waals surface area (Å²) in [5.41, 5.74) is 1.68. The van der Waals surface area contributed by atoms with Crippen molar-refractivity contribution < 1.29 is 19.1 Å². The molecule has 4 nitrogen and oxygen atoms in total. The van der Waals surface area contributed by atoms with Crippen LogP contribution in [0.3, 0.4) is 0 Å². The molecule has 3 aromatic rings. The second kappa shape index (κ2) is 7.73. The summed E-state index contributed by atoms with van der Waals surface area (Å²) in [7, 11) is 0. The fourth-order valence-corrected chi connectivity index (χ4v) is 3.63. The fourth-order valence-electron chi connectivity index (χ4n) is 2.77. The predicted octanol–water partition coefficient (Wildman–Crippen LogP) is 6.05. The van der Waals surface area contributed by atoms with Gasteiger partial charge in [-0.2, -0.15) is 0 Å². The average molecular weight is 500 g/mol. The van der Waals surface area contributed by atoms with Crippen molar-refractivity contribution in [2.75, 3.05) is 0 Å². The number of allylic oxidation sites excluding steroid dienone is 1. The van der Waals surface area contributed by atoms with Crippen LogP contribution in [-0.2, 0) is 0 Å². The van der Waals surface area contributed by atoms with Crippen molar-refractivity contribution in [3.63, 3.8) is 0 Å². The highest BCUT2D eigenvalue weighted by Crippen LogP contribution is 2.35. The van der Waals surface area contributed by atoms with Gasteiger partial charge in [0.2, 0.25) is 5.78 Å². The fraction of sp³-hybridized carbons (Fsp3) is 0. The van der Waals surface area contributed by atoms with Gasteiger partial charge in [-0.25, -0.2) is 4.79 Å². The van der Waals surface area contributed by atoms with E-state index in [1.54, 1.807) is 42.5 Å². The van der Waals surface area contributed by atoms with E-state index in [-0.39, 0.29) is 11.5 Å². The largest absolute Gasteiger partial charge is 0.452 e. The minimum absolute atomic E-state index is 0.210. The normalized spacial score (nSPS) is 13.9. The Morgan fingerprint density at radius 2 is 1.79 bits per heavy atom. The summed E-state index contributed by atoms with van der Waals surface area (Å²) in [5.74, 6) is 0.183. The molecule has 0 spiro atoms. The third-order valence-corrected chi connectivity index (χ3v) is 5.28. The van der Waals surface area contributed by atoms with E-state index < -0.39 is 5.97 Å². The van der Waals surface area contributed by atoms with E-state index in [9.17, 15) is 9.59 Å². The number of carbonyl (C=O) groups excluding carboxylic acids is 2. The molecule has 1 heterocycles. The Bertz CT molecular complexity index is 1130. The molecule has 0 aliphatic carbocycles. The molecule has 0 aromatic heterocycles. The van der Waals surface area contributed by atoms with E-state index in [1.807, 2.05) is 30.3 Å². The maximum atomic E-state index is 12.6. The standard InChI is InChI=1S/C22H12Br2O4/c23-14-5-3-4-13(10-14)11-20-21(25)17-9-8-15(12-19(17)28-20)27-22(26)16-6-1-2-7-18(16)24/h1-12H/b20-11-. The third-order valence-electron chi connectivity index (χ3n) is 4.09. The Labute approximate surface area is 178 Å². The van der Waals surface area contributed by atoms with Crippen LogP contribution in [-0.4, -0.2) is 11.8 Å².